The van der Waals surface area contributed by atoms with Gasteiger partial charge in [-0.15, -0.1) is 0 Å². The zero-order valence-electron chi connectivity index (χ0n) is 9.92. The fraction of sp³-hybridized carbons (Fsp3) is 0.417. The van der Waals surface area contributed by atoms with Crippen molar-refractivity contribution in [2.75, 3.05) is 6.61 Å². The largest absolute Gasteiger partial charge is 0.478 e. The van der Waals surface area contributed by atoms with Crippen molar-refractivity contribution >= 4 is 11.7 Å². The van der Waals surface area contributed by atoms with Crippen molar-refractivity contribution in [2.24, 2.45) is 0 Å². The zero-order valence-corrected chi connectivity index (χ0v) is 9.92. The number of ether oxygens (including phenoxy) is 2. The Morgan fingerprint density at radius 1 is 1.61 bits per heavy atom. The lowest BCUT2D eigenvalue weighted by Crippen LogP contribution is -2.32. The van der Waals surface area contributed by atoms with Crippen LogP contribution in [0.4, 0.5) is 5.69 Å². The molecule has 2 rings (SSSR count). The van der Waals surface area contributed by atoms with Gasteiger partial charge >= 0.3 is 5.97 Å². The molecule has 6 nitrogen and oxygen atoms in total. The molecule has 0 aromatic heterocycles. The molecule has 96 valence electrons. The lowest BCUT2D eigenvalue weighted by molar-refractivity contribution is -0.385. The molecule has 0 spiro atoms. The van der Waals surface area contributed by atoms with Crippen molar-refractivity contribution in [2.45, 2.75) is 25.9 Å². The molecule has 0 amide bonds. The van der Waals surface area contributed by atoms with Gasteiger partial charge in [-0.2, -0.15) is 0 Å². The molecule has 1 atom stereocenters. The fourth-order valence-corrected chi connectivity index (χ4v) is 1.89. The van der Waals surface area contributed by atoms with Crippen LogP contribution in [0.15, 0.2) is 18.2 Å². The van der Waals surface area contributed by atoms with Gasteiger partial charge in [0.15, 0.2) is 6.10 Å². The highest BCUT2D eigenvalue weighted by molar-refractivity contribution is 5.75. The van der Waals surface area contributed by atoms with Crippen LogP contribution in [0.3, 0.4) is 0 Å². The molecule has 0 radical (unpaired) electrons. The zero-order chi connectivity index (χ0) is 13.1. The lowest BCUT2D eigenvalue weighted by Gasteiger charge is -2.24. The molecule has 6 heteroatoms. The second-order valence-electron chi connectivity index (χ2n) is 3.95. The van der Waals surface area contributed by atoms with Crippen LogP contribution < -0.4 is 4.74 Å². The molecule has 1 heterocycles. The molecular formula is C12H13NO5. The molecule has 0 saturated carbocycles. The topological polar surface area (TPSA) is 78.7 Å². The molecule has 0 bridgehead atoms. The van der Waals surface area contributed by atoms with Crippen LogP contribution in [0.1, 0.15) is 18.9 Å². The quantitative estimate of drug-likeness (QED) is 0.465. The highest BCUT2D eigenvalue weighted by Gasteiger charge is 2.28. The van der Waals surface area contributed by atoms with Crippen LogP contribution >= 0.6 is 0 Å². The number of aryl methyl sites for hydroxylation is 1. The minimum Gasteiger partial charge on any atom is -0.478 e. The Balaban J connectivity index is 2.16. The number of hydrogen-bond donors (Lipinski definition) is 0. The van der Waals surface area contributed by atoms with Crippen LogP contribution in [-0.4, -0.2) is 23.6 Å². The normalized spacial score (nSPS) is 17.5. The van der Waals surface area contributed by atoms with E-state index in [1.165, 1.54) is 18.2 Å². The van der Waals surface area contributed by atoms with Crippen LogP contribution in [0.25, 0.3) is 0 Å². The van der Waals surface area contributed by atoms with Gasteiger partial charge in [-0.1, -0.05) is 0 Å². The van der Waals surface area contributed by atoms with E-state index in [2.05, 4.69) is 0 Å². The lowest BCUT2D eigenvalue weighted by atomic mass is 10.0. The molecular weight excluding hydrogens is 238 g/mol. The summed E-state index contributed by atoms with van der Waals surface area (Å²) in [7, 11) is 0. The minimum absolute atomic E-state index is 0.0342. The Morgan fingerprint density at radius 3 is 3.06 bits per heavy atom. The van der Waals surface area contributed by atoms with E-state index >= 15 is 0 Å². The number of fused-ring (bicyclic) bond motifs is 1. The number of rotatable bonds is 3. The van der Waals surface area contributed by atoms with E-state index in [9.17, 15) is 14.9 Å². The molecule has 1 aromatic rings. The van der Waals surface area contributed by atoms with Crippen molar-refractivity contribution in [3.8, 4) is 5.75 Å². The van der Waals surface area contributed by atoms with E-state index in [0.717, 1.165) is 5.56 Å². The fourth-order valence-electron chi connectivity index (χ4n) is 1.89. The highest BCUT2D eigenvalue weighted by atomic mass is 16.6. The van der Waals surface area contributed by atoms with Crippen molar-refractivity contribution in [3.63, 3.8) is 0 Å². The van der Waals surface area contributed by atoms with E-state index in [0.29, 0.717) is 25.2 Å². The summed E-state index contributed by atoms with van der Waals surface area (Å²) >= 11 is 0. The van der Waals surface area contributed by atoms with E-state index in [1.807, 2.05) is 0 Å². The minimum atomic E-state index is -0.612. The molecule has 1 aliphatic heterocycles. The number of benzene rings is 1. The standard InChI is InChI=1S/C12H13NO5/c1-2-17-12(14)11-5-3-8-7-9(13(15)16)4-6-10(8)18-11/h4,6-7,11H,2-3,5H2,1H3. The van der Waals surface area contributed by atoms with Crippen LogP contribution in [0.2, 0.25) is 0 Å². The second-order valence-corrected chi connectivity index (χ2v) is 3.95. The van der Waals surface area contributed by atoms with Gasteiger partial charge in [-0.05, 0) is 25.8 Å². The number of non-ortho nitro benzene ring substituents is 1. The van der Waals surface area contributed by atoms with E-state index < -0.39 is 11.0 Å². The van der Waals surface area contributed by atoms with Gasteiger partial charge in [0.2, 0.25) is 0 Å². The third kappa shape index (κ3) is 2.42. The average Bonchev–Trinajstić information content (AvgIpc) is 2.37. The Labute approximate surface area is 104 Å². The Bertz CT molecular complexity index is 485. The molecule has 0 aliphatic carbocycles. The Hall–Kier alpha value is -2.11. The highest BCUT2D eigenvalue weighted by Crippen LogP contribution is 2.31. The van der Waals surface area contributed by atoms with E-state index in [4.69, 9.17) is 9.47 Å². The molecule has 1 aromatic carbocycles. The van der Waals surface area contributed by atoms with Gasteiger partial charge in [-0.3, -0.25) is 10.1 Å². The number of hydrogen-bond acceptors (Lipinski definition) is 5. The number of esters is 1. The number of nitro benzene ring substituents is 1. The van der Waals surface area contributed by atoms with Gasteiger partial charge < -0.3 is 9.47 Å². The van der Waals surface area contributed by atoms with Gasteiger partial charge in [0, 0.05) is 17.7 Å². The molecule has 18 heavy (non-hydrogen) atoms. The third-order valence-electron chi connectivity index (χ3n) is 2.75. The third-order valence-corrected chi connectivity index (χ3v) is 2.75. The Kier molecular flexibility index (Phi) is 3.45. The van der Waals surface area contributed by atoms with E-state index in [1.54, 1.807) is 6.92 Å². The maximum Gasteiger partial charge on any atom is 0.347 e. The van der Waals surface area contributed by atoms with Crippen LogP contribution in [0.5, 0.6) is 5.75 Å². The van der Waals surface area contributed by atoms with E-state index in [-0.39, 0.29) is 11.7 Å². The van der Waals surface area contributed by atoms with Crippen LogP contribution in [0, 0.1) is 10.1 Å². The summed E-state index contributed by atoms with van der Waals surface area (Å²) in [4.78, 5) is 21.7. The predicted molar refractivity (Wildman–Crippen MR) is 62.5 cm³/mol. The first kappa shape index (κ1) is 12.3. The maximum absolute atomic E-state index is 11.5. The SMILES string of the molecule is CCOC(=O)C1CCc2cc([N+](=O)[O-])ccc2O1. The van der Waals surface area contributed by atoms with Crippen LogP contribution in [-0.2, 0) is 16.0 Å². The Morgan fingerprint density at radius 2 is 2.39 bits per heavy atom. The van der Waals surface area contributed by atoms with Crippen molar-refractivity contribution in [1.29, 1.82) is 0 Å². The number of carbonyl (C=O) groups excluding carboxylic acids is 1. The molecule has 0 saturated heterocycles. The number of nitro groups is 1. The second kappa shape index (κ2) is 5.03. The number of nitrogens with zero attached hydrogens (tertiary/aromatic N) is 1. The molecule has 1 aliphatic rings. The molecule has 0 fully saturated rings. The first-order valence-electron chi connectivity index (χ1n) is 5.72. The average molecular weight is 251 g/mol. The van der Waals surface area contributed by atoms with Crippen molar-refractivity contribution in [3.05, 3.63) is 33.9 Å². The summed E-state index contributed by atoms with van der Waals surface area (Å²) < 4.78 is 10.4. The van der Waals surface area contributed by atoms with Gasteiger partial charge in [0.25, 0.3) is 5.69 Å². The summed E-state index contributed by atoms with van der Waals surface area (Å²) in [5.74, 6) is 0.131. The maximum atomic E-state index is 11.5. The monoisotopic (exact) mass is 251 g/mol. The predicted octanol–water partition coefficient (Wildman–Crippen LogP) is 1.85. The van der Waals surface area contributed by atoms with Gasteiger partial charge in [0.1, 0.15) is 5.75 Å². The smallest absolute Gasteiger partial charge is 0.347 e. The summed E-state index contributed by atoms with van der Waals surface area (Å²) in [6.07, 6.45) is 0.437. The molecule has 0 N–H and O–H groups in total. The first-order chi connectivity index (χ1) is 8.61. The van der Waals surface area contributed by atoms with Crippen molar-refractivity contribution < 1.29 is 19.2 Å². The summed E-state index contributed by atoms with van der Waals surface area (Å²) in [6, 6.07) is 4.38. The first-order valence-corrected chi connectivity index (χ1v) is 5.72. The number of carbonyl (C=O) groups is 1. The van der Waals surface area contributed by atoms with Gasteiger partial charge in [0.05, 0.1) is 11.5 Å². The summed E-state index contributed by atoms with van der Waals surface area (Å²) in [5.41, 5.74) is 0.789. The molecule has 1 unspecified atom stereocenters. The summed E-state index contributed by atoms with van der Waals surface area (Å²) in [6.45, 7) is 2.05. The van der Waals surface area contributed by atoms with Gasteiger partial charge in [-0.25, -0.2) is 4.79 Å². The summed E-state index contributed by atoms with van der Waals surface area (Å²) in [5, 5.41) is 10.6. The van der Waals surface area contributed by atoms with Crippen molar-refractivity contribution in [1.82, 2.24) is 0 Å².